The zero-order valence-electron chi connectivity index (χ0n) is 15.5. The molecule has 0 bridgehead atoms. The molecule has 1 amide bonds. The number of benzene rings is 2. The fourth-order valence-electron chi connectivity index (χ4n) is 3.15. The molecule has 0 unspecified atom stereocenters. The first-order valence-electron chi connectivity index (χ1n) is 8.95. The molecule has 5 rings (SSSR count). The fraction of sp³-hybridized carbons (Fsp3) is 0.0476. The van der Waals surface area contributed by atoms with E-state index >= 15 is 0 Å². The summed E-state index contributed by atoms with van der Waals surface area (Å²) in [6, 6.07) is 18.6. The van der Waals surface area contributed by atoms with E-state index in [1.54, 1.807) is 48.4 Å². The summed E-state index contributed by atoms with van der Waals surface area (Å²) in [6.45, 7) is 0. The number of para-hydroxylation sites is 2. The lowest BCUT2D eigenvalue weighted by atomic mass is 10.2. The maximum atomic E-state index is 12.4. The summed E-state index contributed by atoms with van der Waals surface area (Å²) in [6.07, 6.45) is 3.58. The Hall–Kier alpha value is -4.20. The van der Waals surface area contributed by atoms with Crippen LogP contribution < -0.4 is 10.1 Å². The van der Waals surface area contributed by atoms with Crippen molar-refractivity contribution in [1.82, 2.24) is 24.1 Å². The highest BCUT2D eigenvalue weighted by atomic mass is 16.5. The zero-order chi connectivity index (χ0) is 19.8. The minimum Gasteiger partial charge on any atom is -0.497 e. The molecule has 3 aromatic heterocycles. The maximum absolute atomic E-state index is 12.4. The van der Waals surface area contributed by atoms with E-state index < -0.39 is 0 Å². The molecule has 142 valence electrons. The lowest BCUT2D eigenvalue weighted by Gasteiger charge is -2.03. The van der Waals surface area contributed by atoms with E-state index in [1.165, 1.54) is 0 Å². The van der Waals surface area contributed by atoms with Crippen LogP contribution in [0, 0.1) is 0 Å². The molecule has 0 aliphatic rings. The van der Waals surface area contributed by atoms with E-state index in [4.69, 9.17) is 4.74 Å². The second-order valence-corrected chi connectivity index (χ2v) is 6.41. The van der Waals surface area contributed by atoms with Crippen LogP contribution in [0.25, 0.3) is 22.4 Å². The predicted molar refractivity (Wildman–Crippen MR) is 109 cm³/mol. The van der Waals surface area contributed by atoms with Crippen molar-refractivity contribution >= 4 is 28.5 Å². The zero-order valence-corrected chi connectivity index (χ0v) is 15.5. The minimum atomic E-state index is -0.288. The first-order valence-corrected chi connectivity index (χ1v) is 8.95. The van der Waals surface area contributed by atoms with Gasteiger partial charge in [-0.1, -0.05) is 12.1 Å². The van der Waals surface area contributed by atoms with Crippen LogP contribution in [0.15, 0.2) is 73.2 Å². The predicted octanol–water partition coefficient (Wildman–Crippen LogP) is 3.33. The number of aromatic nitrogens is 5. The molecule has 8 nitrogen and oxygen atoms in total. The van der Waals surface area contributed by atoms with Crippen molar-refractivity contribution in [3.63, 3.8) is 0 Å². The van der Waals surface area contributed by atoms with E-state index in [2.05, 4.69) is 20.4 Å². The number of hydrogen-bond acceptors (Lipinski definition) is 5. The van der Waals surface area contributed by atoms with E-state index in [1.807, 2.05) is 41.0 Å². The number of ether oxygens (including phenoxy) is 1. The Balaban J connectivity index is 1.44. The Bertz CT molecular complexity index is 1340. The number of nitrogens with one attached hydrogen (secondary N) is 1. The maximum Gasteiger partial charge on any atom is 0.258 e. The number of pyridine rings is 1. The molecular weight excluding hydrogens is 368 g/mol. The van der Waals surface area contributed by atoms with Crippen LogP contribution in [-0.4, -0.2) is 37.2 Å². The number of fused-ring (bicyclic) bond motifs is 2. The molecule has 0 atom stereocenters. The van der Waals surface area contributed by atoms with Gasteiger partial charge < -0.3 is 4.74 Å². The van der Waals surface area contributed by atoms with Crippen molar-refractivity contribution in [1.29, 1.82) is 0 Å². The summed E-state index contributed by atoms with van der Waals surface area (Å²) in [5.74, 6) is 0.634. The number of anilines is 1. The van der Waals surface area contributed by atoms with Crippen molar-refractivity contribution < 1.29 is 9.53 Å². The average molecular weight is 384 g/mol. The van der Waals surface area contributed by atoms with Crippen molar-refractivity contribution in [2.75, 3.05) is 12.4 Å². The number of imidazole rings is 1. The molecule has 0 radical (unpaired) electrons. The molecule has 0 saturated heterocycles. The number of carbonyl (C=O) groups is 1. The van der Waals surface area contributed by atoms with Crippen molar-refractivity contribution in [3.8, 4) is 11.4 Å². The summed E-state index contributed by atoms with van der Waals surface area (Å²) >= 11 is 0. The number of carbonyl (C=O) groups excluding carboxylic acids is 1. The lowest BCUT2D eigenvalue weighted by Crippen LogP contribution is -2.12. The van der Waals surface area contributed by atoms with Crippen LogP contribution in [0.5, 0.6) is 5.75 Å². The number of hydrogen-bond donors (Lipinski definition) is 1. The van der Waals surface area contributed by atoms with Gasteiger partial charge in [-0.25, -0.2) is 9.50 Å². The van der Waals surface area contributed by atoms with Crippen LogP contribution in [0.1, 0.15) is 10.4 Å². The lowest BCUT2D eigenvalue weighted by molar-refractivity contribution is 0.102. The molecule has 0 spiro atoms. The summed E-state index contributed by atoms with van der Waals surface area (Å²) in [4.78, 5) is 21.3. The molecule has 3 heterocycles. The topological polar surface area (TPSA) is 86.3 Å². The van der Waals surface area contributed by atoms with Crippen molar-refractivity contribution in [3.05, 3.63) is 78.8 Å². The Morgan fingerprint density at radius 1 is 1.07 bits per heavy atom. The molecule has 2 aromatic carbocycles. The number of nitrogens with zero attached hydrogens (tertiary/aromatic N) is 5. The number of amides is 1. The third-order valence-electron chi connectivity index (χ3n) is 4.63. The van der Waals surface area contributed by atoms with Gasteiger partial charge in [-0.3, -0.25) is 14.7 Å². The molecule has 0 aliphatic heterocycles. The molecule has 1 N–H and O–H groups in total. The van der Waals surface area contributed by atoms with Crippen LogP contribution in [-0.2, 0) is 0 Å². The van der Waals surface area contributed by atoms with Crippen molar-refractivity contribution in [2.24, 2.45) is 0 Å². The van der Waals surface area contributed by atoms with Gasteiger partial charge in [-0.05, 0) is 42.5 Å². The van der Waals surface area contributed by atoms with Gasteiger partial charge in [-0.15, -0.1) is 5.10 Å². The van der Waals surface area contributed by atoms with Gasteiger partial charge in [0.05, 0.1) is 23.8 Å². The van der Waals surface area contributed by atoms with Gasteiger partial charge in [0.1, 0.15) is 12.1 Å². The Kier molecular flexibility index (Phi) is 3.94. The normalized spacial score (nSPS) is 11.1. The third-order valence-corrected chi connectivity index (χ3v) is 4.63. The number of rotatable bonds is 4. The van der Waals surface area contributed by atoms with Gasteiger partial charge in [0.2, 0.25) is 5.95 Å². The smallest absolute Gasteiger partial charge is 0.258 e. The van der Waals surface area contributed by atoms with Crippen LogP contribution >= 0.6 is 0 Å². The summed E-state index contributed by atoms with van der Waals surface area (Å²) in [5.41, 5.74) is 3.94. The van der Waals surface area contributed by atoms with Crippen LogP contribution in [0.4, 0.5) is 5.95 Å². The molecule has 0 saturated carbocycles. The quantitative estimate of drug-likeness (QED) is 0.514. The highest BCUT2D eigenvalue weighted by Gasteiger charge is 2.12. The van der Waals surface area contributed by atoms with Gasteiger partial charge in [0.25, 0.3) is 5.91 Å². The first kappa shape index (κ1) is 16.9. The van der Waals surface area contributed by atoms with Gasteiger partial charge in [0.15, 0.2) is 5.65 Å². The SMILES string of the molecule is COc1ccc(C(=O)Nc2nc3cc(-n4cnc5ccccc54)ccn3n2)cc1. The van der Waals surface area contributed by atoms with E-state index in [0.29, 0.717) is 17.0 Å². The highest BCUT2D eigenvalue weighted by Crippen LogP contribution is 2.19. The Labute approximate surface area is 165 Å². The largest absolute Gasteiger partial charge is 0.497 e. The molecule has 5 aromatic rings. The van der Waals surface area contributed by atoms with Gasteiger partial charge >= 0.3 is 0 Å². The summed E-state index contributed by atoms with van der Waals surface area (Å²) in [5, 5.41) is 7.05. The van der Waals surface area contributed by atoms with E-state index in [9.17, 15) is 4.79 Å². The number of methoxy groups -OCH3 is 1. The molecule has 29 heavy (non-hydrogen) atoms. The molecule has 8 heteroatoms. The fourth-order valence-corrected chi connectivity index (χ4v) is 3.15. The molecular formula is C21H16N6O2. The van der Waals surface area contributed by atoms with E-state index in [-0.39, 0.29) is 11.9 Å². The van der Waals surface area contributed by atoms with Gasteiger partial charge in [0, 0.05) is 17.8 Å². The van der Waals surface area contributed by atoms with Gasteiger partial charge in [-0.2, -0.15) is 4.98 Å². The molecule has 0 fully saturated rings. The second-order valence-electron chi connectivity index (χ2n) is 6.41. The summed E-state index contributed by atoms with van der Waals surface area (Å²) in [7, 11) is 1.58. The third kappa shape index (κ3) is 3.06. The first-order chi connectivity index (χ1) is 14.2. The van der Waals surface area contributed by atoms with E-state index in [0.717, 1.165) is 16.7 Å². The molecule has 0 aliphatic carbocycles. The summed E-state index contributed by atoms with van der Waals surface area (Å²) < 4.78 is 8.71. The highest BCUT2D eigenvalue weighted by molar-refractivity contribution is 6.03. The van der Waals surface area contributed by atoms with Crippen LogP contribution in [0.3, 0.4) is 0 Å². The van der Waals surface area contributed by atoms with Crippen molar-refractivity contribution in [2.45, 2.75) is 0 Å². The standard InChI is InChI=1S/C21H16N6O2/c1-29-16-8-6-14(7-9-16)20(28)24-21-23-19-12-15(10-11-27(19)25-21)26-13-22-17-4-2-3-5-18(17)26/h2-13H,1H3,(H,24,25,28). The second kappa shape index (κ2) is 6.75. The minimum absolute atomic E-state index is 0.235. The van der Waals surface area contributed by atoms with Crippen LogP contribution in [0.2, 0.25) is 0 Å². The average Bonchev–Trinajstić information content (AvgIpc) is 3.36. The Morgan fingerprint density at radius 2 is 1.90 bits per heavy atom. The monoisotopic (exact) mass is 384 g/mol. The Morgan fingerprint density at radius 3 is 2.72 bits per heavy atom.